The molecule has 0 radical (unpaired) electrons. The molecule has 0 spiro atoms. The Morgan fingerprint density at radius 3 is 2.38 bits per heavy atom. The molecule has 9 heteroatoms. The number of rotatable bonds is 7. The van der Waals surface area contributed by atoms with Gasteiger partial charge in [0.25, 0.3) is 0 Å². The summed E-state index contributed by atoms with van der Waals surface area (Å²) in [4.78, 5) is 19.5. The van der Waals surface area contributed by atoms with Crippen LogP contribution in [0.5, 0.6) is 0 Å². The second kappa shape index (κ2) is 10.4. The molecule has 0 bridgehead atoms. The minimum absolute atomic E-state index is 0.0880. The maximum absolute atomic E-state index is 13.0. The largest absolute Gasteiger partial charge is 0.326 e. The van der Waals surface area contributed by atoms with Gasteiger partial charge >= 0.3 is 0 Å². The molecule has 1 N–H and O–H groups in total. The van der Waals surface area contributed by atoms with Crippen LogP contribution < -0.4 is 5.32 Å². The zero-order valence-corrected chi connectivity index (χ0v) is 21.4. The molecule has 2 heterocycles. The molecule has 1 amide bonds. The maximum Gasteiger partial charge on any atom is 0.243 e. The molecule has 34 heavy (non-hydrogen) atoms. The minimum Gasteiger partial charge on any atom is -0.326 e. The number of nitrogens with zero attached hydrogens (tertiary/aromatic N) is 3. The van der Waals surface area contributed by atoms with Crippen molar-refractivity contribution in [3.05, 3.63) is 75.2 Å². The van der Waals surface area contributed by atoms with E-state index < -0.39 is 10.0 Å². The van der Waals surface area contributed by atoms with Crippen molar-refractivity contribution in [2.45, 2.75) is 38.6 Å². The molecule has 180 valence electrons. The number of carbonyl (C=O) groups excluding carboxylic acids is 1. The van der Waals surface area contributed by atoms with Gasteiger partial charge in [-0.05, 0) is 56.2 Å². The monoisotopic (exact) mass is 498 g/mol. The summed E-state index contributed by atoms with van der Waals surface area (Å²) in [5.74, 6) is -0.0880. The molecule has 0 unspecified atom stereocenters. The van der Waals surface area contributed by atoms with Crippen LogP contribution in [0.2, 0.25) is 0 Å². The van der Waals surface area contributed by atoms with Crippen molar-refractivity contribution in [3.8, 4) is 0 Å². The van der Waals surface area contributed by atoms with Crippen molar-refractivity contribution in [1.29, 1.82) is 0 Å². The van der Waals surface area contributed by atoms with Crippen LogP contribution in [-0.4, -0.2) is 54.7 Å². The number of amides is 1. The lowest BCUT2D eigenvalue weighted by Crippen LogP contribution is -2.48. The molecule has 1 aliphatic rings. The summed E-state index contributed by atoms with van der Waals surface area (Å²) in [5, 5.41) is 5.65. The van der Waals surface area contributed by atoms with Gasteiger partial charge in [0.15, 0.2) is 0 Å². The second-order valence-corrected chi connectivity index (χ2v) is 11.6. The minimum atomic E-state index is -3.49. The molecule has 0 aliphatic carbocycles. The van der Waals surface area contributed by atoms with Crippen molar-refractivity contribution < 1.29 is 13.2 Å². The van der Waals surface area contributed by atoms with Crippen LogP contribution in [0.3, 0.4) is 0 Å². The summed E-state index contributed by atoms with van der Waals surface area (Å²) >= 11 is 1.48. The van der Waals surface area contributed by atoms with Gasteiger partial charge < -0.3 is 5.32 Å². The highest BCUT2D eigenvalue weighted by Gasteiger charge is 2.29. The smallest absolute Gasteiger partial charge is 0.243 e. The molecule has 4 rings (SSSR count). The summed E-state index contributed by atoms with van der Waals surface area (Å²) in [5.41, 5.74) is 4.89. The van der Waals surface area contributed by atoms with Gasteiger partial charge in [-0.2, -0.15) is 4.31 Å². The number of nitrogens with one attached hydrogen (secondary N) is 1. The van der Waals surface area contributed by atoms with Gasteiger partial charge in [-0.25, -0.2) is 13.4 Å². The molecule has 2 aromatic carbocycles. The van der Waals surface area contributed by atoms with E-state index in [-0.39, 0.29) is 12.3 Å². The first kappa shape index (κ1) is 24.5. The Bertz CT molecular complexity index is 1260. The summed E-state index contributed by atoms with van der Waals surface area (Å²) in [6.45, 7) is 8.75. The number of anilines is 1. The summed E-state index contributed by atoms with van der Waals surface area (Å²) in [6.07, 6.45) is 0.237. The van der Waals surface area contributed by atoms with E-state index in [2.05, 4.69) is 15.2 Å². The average molecular weight is 499 g/mol. The average Bonchev–Trinajstić information content (AvgIpc) is 3.24. The molecule has 1 fully saturated rings. The Labute approximate surface area is 205 Å². The number of benzene rings is 2. The zero-order valence-electron chi connectivity index (χ0n) is 19.7. The quantitative estimate of drug-likeness (QED) is 0.536. The third kappa shape index (κ3) is 5.90. The molecule has 1 saturated heterocycles. The van der Waals surface area contributed by atoms with Gasteiger partial charge in [0.2, 0.25) is 15.9 Å². The molecular formula is C25H30N4O3S2. The lowest BCUT2D eigenvalue weighted by Gasteiger charge is -2.33. The fraction of sp³-hybridized carbons (Fsp3) is 0.360. The van der Waals surface area contributed by atoms with Crippen molar-refractivity contribution in [2.75, 3.05) is 31.5 Å². The maximum atomic E-state index is 13.0. The first-order chi connectivity index (χ1) is 16.2. The zero-order chi connectivity index (χ0) is 24.3. The number of carbonyl (C=O) groups is 1. The molecule has 3 aromatic rings. The van der Waals surface area contributed by atoms with Gasteiger partial charge in [-0.1, -0.05) is 23.8 Å². The third-order valence-corrected chi connectivity index (χ3v) is 8.87. The van der Waals surface area contributed by atoms with Crippen LogP contribution in [0.15, 0.2) is 52.7 Å². The van der Waals surface area contributed by atoms with E-state index in [4.69, 9.17) is 0 Å². The standard InChI is InChI=1S/C25H30N4O3S2/c1-18-4-7-21(8-5-18)26-24(30)15-25-27-22(17-33-25)16-28-10-12-29(13-11-28)34(31,32)23-9-6-19(2)20(3)14-23/h4-9,14,17H,10-13,15-16H2,1-3H3,(H,26,30). The van der Waals surface area contributed by atoms with Gasteiger partial charge in [-0.3, -0.25) is 9.69 Å². The van der Waals surface area contributed by atoms with Crippen LogP contribution in [0.1, 0.15) is 27.4 Å². The Balaban J connectivity index is 1.28. The van der Waals surface area contributed by atoms with E-state index in [1.807, 2.05) is 56.5 Å². The molecule has 1 aromatic heterocycles. The SMILES string of the molecule is Cc1ccc(NC(=O)Cc2nc(CN3CCN(S(=O)(=O)c4ccc(C)c(C)c4)CC3)cs2)cc1. The van der Waals surface area contributed by atoms with Crippen LogP contribution >= 0.6 is 11.3 Å². The molecule has 0 saturated carbocycles. The molecular weight excluding hydrogens is 468 g/mol. The van der Waals surface area contributed by atoms with Gasteiger partial charge in [0.1, 0.15) is 5.01 Å². The van der Waals surface area contributed by atoms with Gasteiger partial charge in [-0.15, -0.1) is 11.3 Å². The van der Waals surface area contributed by atoms with E-state index in [1.165, 1.54) is 11.3 Å². The first-order valence-electron chi connectivity index (χ1n) is 11.3. The summed E-state index contributed by atoms with van der Waals surface area (Å²) in [6, 6.07) is 13.0. The number of hydrogen-bond donors (Lipinski definition) is 1. The number of aryl methyl sites for hydroxylation is 3. The highest BCUT2D eigenvalue weighted by atomic mass is 32.2. The normalized spacial score (nSPS) is 15.4. The summed E-state index contributed by atoms with van der Waals surface area (Å²) < 4.78 is 27.6. The summed E-state index contributed by atoms with van der Waals surface area (Å²) in [7, 11) is -3.49. The van der Waals surface area contributed by atoms with Gasteiger partial charge in [0, 0.05) is 43.8 Å². The van der Waals surface area contributed by atoms with E-state index in [9.17, 15) is 13.2 Å². The van der Waals surface area contributed by atoms with Crippen LogP contribution in [0, 0.1) is 20.8 Å². The number of piperazine rings is 1. The van der Waals surface area contributed by atoms with Crippen LogP contribution in [-0.2, 0) is 27.8 Å². The second-order valence-electron chi connectivity index (χ2n) is 8.75. The van der Waals surface area contributed by atoms with E-state index in [1.54, 1.807) is 16.4 Å². The van der Waals surface area contributed by atoms with Crippen LogP contribution in [0.25, 0.3) is 0 Å². The number of sulfonamides is 1. The van der Waals surface area contributed by atoms with Crippen molar-refractivity contribution in [3.63, 3.8) is 0 Å². The number of thiazole rings is 1. The lowest BCUT2D eigenvalue weighted by molar-refractivity contribution is -0.115. The molecule has 0 atom stereocenters. The Morgan fingerprint density at radius 1 is 1.00 bits per heavy atom. The molecule has 7 nitrogen and oxygen atoms in total. The first-order valence-corrected chi connectivity index (χ1v) is 13.6. The van der Waals surface area contributed by atoms with E-state index >= 15 is 0 Å². The van der Waals surface area contributed by atoms with E-state index in [0.717, 1.165) is 33.1 Å². The van der Waals surface area contributed by atoms with Crippen LogP contribution in [0.4, 0.5) is 5.69 Å². The number of aromatic nitrogens is 1. The van der Waals surface area contributed by atoms with E-state index in [0.29, 0.717) is 37.6 Å². The van der Waals surface area contributed by atoms with Crippen molar-refractivity contribution >= 4 is 33.0 Å². The predicted molar refractivity (Wildman–Crippen MR) is 136 cm³/mol. The topological polar surface area (TPSA) is 82.6 Å². The molecule has 1 aliphatic heterocycles. The highest BCUT2D eigenvalue weighted by molar-refractivity contribution is 7.89. The fourth-order valence-corrected chi connectivity index (χ4v) is 6.15. The predicted octanol–water partition coefficient (Wildman–Crippen LogP) is 3.76. The Hall–Kier alpha value is -2.59. The lowest BCUT2D eigenvalue weighted by atomic mass is 10.1. The van der Waals surface area contributed by atoms with Crippen molar-refractivity contribution in [1.82, 2.24) is 14.2 Å². The van der Waals surface area contributed by atoms with Crippen molar-refractivity contribution in [2.24, 2.45) is 0 Å². The Kier molecular flexibility index (Phi) is 7.47. The van der Waals surface area contributed by atoms with Gasteiger partial charge in [0.05, 0.1) is 17.0 Å². The highest BCUT2D eigenvalue weighted by Crippen LogP contribution is 2.21. The number of hydrogen-bond acceptors (Lipinski definition) is 6. The fourth-order valence-electron chi connectivity index (χ4n) is 3.86. The third-order valence-electron chi connectivity index (χ3n) is 6.08. The Morgan fingerprint density at radius 2 is 1.71 bits per heavy atom.